The average Bonchev–Trinajstić information content (AvgIpc) is 3.76. The Morgan fingerprint density at radius 2 is 1.46 bits per heavy atom. The molecule has 3 nitrogen and oxygen atoms in total. The summed E-state index contributed by atoms with van der Waals surface area (Å²) in [6, 6.07) is 21.3. The van der Waals surface area contributed by atoms with E-state index in [1.807, 2.05) is 31.2 Å². The molecule has 3 aromatic carbocycles. The Balaban J connectivity index is 1.48. The van der Waals surface area contributed by atoms with Gasteiger partial charge in [0.2, 0.25) is 0 Å². The van der Waals surface area contributed by atoms with Gasteiger partial charge in [-0.2, -0.15) is 0 Å². The number of rotatable bonds is 10. The van der Waals surface area contributed by atoms with E-state index >= 15 is 0 Å². The lowest BCUT2D eigenvalue weighted by molar-refractivity contribution is 0.0526. The second-order valence-electron chi connectivity index (χ2n) is 12.8. The lowest BCUT2D eigenvalue weighted by atomic mass is 9.63. The van der Waals surface area contributed by atoms with E-state index in [4.69, 9.17) is 9.47 Å². The van der Waals surface area contributed by atoms with Gasteiger partial charge in [0.25, 0.3) is 0 Å². The smallest absolute Gasteiger partial charge is 0.338 e. The fourth-order valence-electron chi connectivity index (χ4n) is 5.95. The van der Waals surface area contributed by atoms with E-state index in [1.165, 1.54) is 55.2 Å². The first-order valence-electron chi connectivity index (χ1n) is 14.9. The van der Waals surface area contributed by atoms with Gasteiger partial charge < -0.3 is 9.47 Å². The average molecular weight is 525 g/mol. The number of ether oxygens (including phenoxy) is 2. The highest BCUT2D eigenvalue weighted by Gasteiger charge is 2.37. The van der Waals surface area contributed by atoms with Crippen molar-refractivity contribution in [3.8, 4) is 28.0 Å². The van der Waals surface area contributed by atoms with E-state index in [1.54, 1.807) is 0 Å². The van der Waals surface area contributed by atoms with Gasteiger partial charge in [0.05, 0.1) is 18.8 Å². The van der Waals surface area contributed by atoms with Crippen molar-refractivity contribution >= 4 is 5.97 Å². The maximum Gasteiger partial charge on any atom is 0.338 e. The highest BCUT2D eigenvalue weighted by Crippen LogP contribution is 2.47. The van der Waals surface area contributed by atoms with Crippen LogP contribution in [0, 0.1) is 5.92 Å². The van der Waals surface area contributed by atoms with Crippen molar-refractivity contribution in [1.29, 1.82) is 0 Å². The molecule has 0 radical (unpaired) electrons. The third-order valence-corrected chi connectivity index (χ3v) is 8.83. The molecule has 0 N–H and O–H groups in total. The Morgan fingerprint density at radius 1 is 0.795 bits per heavy atom. The van der Waals surface area contributed by atoms with Gasteiger partial charge in [0, 0.05) is 5.56 Å². The van der Waals surface area contributed by atoms with Crippen LogP contribution in [-0.2, 0) is 15.6 Å². The van der Waals surface area contributed by atoms with Gasteiger partial charge in [0.15, 0.2) is 0 Å². The van der Waals surface area contributed by atoms with Crippen LogP contribution < -0.4 is 4.74 Å². The van der Waals surface area contributed by atoms with Gasteiger partial charge in [-0.15, -0.1) is 0 Å². The molecule has 206 valence electrons. The van der Waals surface area contributed by atoms with E-state index in [9.17, 15) is 4.79 Å². The third kappa shape index (κ3) is 6.24. The minimum atomic E-state index is -0.283. The molecule has 0 atom stereocenters. The maximum absolute atomic E-state index is 12.1. The Hall–Kier alpha value is -3.07. The molecule has 0 unspecified atom stereocenters. The summed E-state index contributed by atoms with van der Waals surface area (Å²) in [6.45, 7) is 12.5. The van der Waals surface area contributed by atoms with Gasteiger partial charge in [-0.25, -0.2) is 4.79 Å². The fraction of sp³-hybridized carbons (Fsp3) is 0.472. The number of benzene rings is 3. The molecule has 0 aromatic heterocycles. The standard InChI is InChI=1S/C36H44O3/c1-6-38-34(37)27-14-12-26(13-15-27)28-17-19-33(39-22-8-7-9-25-10-11-25)30(23-28)29-16-18-31-32(24-29)36(4,5)21-20-35(31,2)3/h12-19,23-25H,6-11,20-22H2,1-5H3. The van der Waals surface area contributed by atoms with Crippen molar-refractivity contribution in [3.63, 3.8) is 0 Å². The van der Waals surface area contributed by atoms with Crippen molar-refractivity contribution in [2.45, 2.75) is 90.4 Å². The Morgan fingerprint density at radius 3 is 2.15 bits per heavy atom. The quantitative estimate of drug-likeness (QED) is 0.196. The van der Waals surface area contributed by atoms with E-state index in [-0.39, 0.29) is 16.8 Å². The molecule has 0 saturated heterocycles. The van der Waals surface area contributed by atoms with Crippen molar-refractivity contribution in [2.75, 3.05) is 13.2 Å². The molecule has 0 spiro atoms. The first kappa shape index (κ1) is 27.5. The van der Waals surface area contributed by atoms with E-state index in [0.29, 0.717) is 12.2 Å². The topological polar surface area (TPSA) is 35.5 Å². The molecule has 3 aromatic rings. The molecule has 0 aliphatic heterocycles. The molecule has 1 fully saturated rings. The summed E-state index contributed by atoms with van der Waals surface area (Å²) in [7, 11) is 0. The molecular weight excluding hydrogens is 480 g/mol. The van der Waals surface area contributed by atoms with Crippen LogP contribution in [-0.4, -0.2) is 19.2 Å². The molecule has 3 heteroatoms. The second-order valence-corrected chi connectivity index (χ2v) is 12.8. The number of hydrogen-bond donors (Lipinski definition) is 0. The van der Waals surface area contributed by atoms with Gasteiger partial charge >= 0.3 is 5.97 Å². The number of unbranched alkanes of at least 4 members (excludes halogenated alkanes) is 1. The lowest BCUT2D eigenvalue weighted by Crippen LogP contribution is -2.33. The summed E-state index contributed by atoms with van der Waals surface area (Å²) in [4.78, 5) is 12.1. The predicted octanol–water partition coefficient (Wildman–Crippen LogP) is 9.51. The highest BCUT2D eigenvalue weighted by atomic mass is 16.5. The van der Waals surface area contributed by atoms with Gasteiger partial charge in [-0.05, 0) is 101 Å². The fourth-order valence-corrected chi connectivity index (χ4v) is 5.95. The second kappa shape index (κ2) is 11.2. The van der Waals surface area contributed by atoms with Crippen LogP contribution in [0.2, 0.25) is 0 Å². The predicted molar refractivity (Wildman–Crippen MR) is 161 cm³/mol. The van der Waals surface area contributed by atoms with Crippen molar-refractivity contribution in [1.82, 2.24) is 0 Å². The van der Waals surface area contributed by atoms with Crippen molar-refractivity contribution < 1.29 is 14.3 Å². The van der Waals surface area contributed by atoms with Crippen LogP contribution in [0.3, 0.4) is 0 Å². The zero-order valence-electron chi connectivity index (χ0n) is 24.4. The molecule has 0 bridgehead atoms. The Labute approximate surface area is 234 Å². The summed E-state index contributed by atoms with van der Waals surface area (Å²) < 4.78 is 11.6. The highest BCUT2D eigenvalue weighted by molar-refractivity contribution is 5.90. The SMILES string of the molecule is CCOC(=O)c1ccc(-c2ccc(OCCCCC3CC3)c(-c3ccc4c(c3)C(C)(C)CCC4(C)C)c2)cc1. The number of hydrogen-bond acceptors (Lipinski definition) is 3. The summed E-state index contributed by atoms with van der Waals surface area (Å²) in [5.41, 5.74) is 8.35. The van der Waals surface area contributed by atoms with Crippen LogP contribution in [0.15, 0.2) is 60.7 Å². The minimum absolute atomic E-state index is 0.144. The molecular formula is C36H44O3. The monoisotopic (exact) mass is 524 g/mol. The largest absolute Gasteiger partial charge is 0.493 e. The third-order valence-electron chi connectivity index (χ3n) is 8.83. The summed E-state index contributed by atoms with van der Waals surface area (Å²) >= 11 is 0. The molecule has 0 heterocycles. The number of fused-ring (bicyclic) bond motifs is 1. The van der Waals surface area contributed by atoms with E-state index in [2.05, 4.69) is 64.1 Å². The molecule has 1 saturated carbocycles. The van der Waals surface area contributed by atoms with Gasteiger partial charge in [0.1, 0.15) is 5.75 Å². The summed E-state index contributed by atoms with van der Waals surface area (Å²) in [6.07, 6.45) is 8.90. The molecule has 5 rings (SSSR count). The number of carbonyl (C=O) groups excluding carboxylic acids is 1. The lowest BCUT2D eigenvalue weighted by Gasteiger charge is -2.42. The summed E-state index contributed by atoms with van der Waals surface area (Å²) in [5.74, 6) is 1.63. The van der Waals surface area contributed by atoms with E-state index < -0.39 is 0 Å². The van der Waals surface area contributed by atoms with Crippen LogP contribution in [0.1, 0.15) is 101 Å². The normalized spacial score (nSPS) is 17.4. The van der Waals surface area contributed by atoms with Crippen molar-refractivity contribution in [2.24, 2.45) is 5.92 Å². The maximum atomic E-state index is 12.1. The van der Waals surface area contributed by atoms with Crippen LogP contribution in [0.25, 0.3) is 22.3 Å². The van der Waals surface area contributed by atoms with Crippen LogP contribution >= 0.6 is 0 Å². The summed E-state index contributed by atoms with van der Waals surface area (Å²) in [5, 5.41) is 0. The Kier molecular flexibility index (Phi) is 7.89. The zero-order valence-corrected chi connectivity index (χ0v) is 24.4. The van der Waals surface area contributed by atoms with Crippen molar-refractivity contribution in [3.05, 3.63) is 77.4 Å². The van der Waals surface area contributed by atoms with Crippen LogP contribution in [0.4, 0.5) is 0 Å². The molecule has 0 amide bonds. The van der Waals surface area contributed by atoms with E-state index in [0.717, 1.165) is 41.4 Å². The first-order chi connectivity index (χ1) is 18.7. The zero-order chi connectivity index (χ0) is 27.6. The number of carbonyl (C=O) groups is 1. The minimum Gasteiger partial charge on any atom is -0.493 e. The number of esters is 1. The first-order valence-corrected chi connectivity index (χ1v) is 14.9. The molecule has 2 aliphatic carbocycles. The van der Waals surface area contributed by atoms with Gasteiger partial charge in [-0.1, -0.05) is 83.4 Å². The molecule has 39 heavy (non-hydrogen) atoms. The van der Waals surface area contributed by atoms with Gasteiger partial charge in [-0.3, -0.25) is 0 Å². The van der Waals surface area contributed by atoms with Crippen LogP contribution in [0.5, 0.6) is 5.75 Å². The molecule has 2 aliphatic rings. The Bertz CT molecular complexity index is 1310.